The quantitative estimate of drug-likeness (QED) is 0.496. The van der Waals surface area contributed by atoms with E-state index in [2.05, 4.69) is 15.6 Å². The number of hydrogen-bond donors (Lipinski definition) is 3. The summed E-state index contributed by atoms with van der Waals surface area (Å²) in [5.41, 5.74) is 0. The van der Waals surface area contributed by atoms with E-state index in [4.69, 9.17) is 11.6 Å². The third-order valence-corrected chi connectivity index (χ3v) is 6.57. The van der Waals surface area contributed by atoms with Crippen LogP contribution in [0.5, 0.6) is 0 Å². The number of aliphatic imine (C=N–C) groups is 1. The second-order valence-corrected chi connectivity index (χ2v) is 9.02. The minimum atomic E-state index is -0.665. The number of aliphatic hydroxyl groups excluding tert-OH is 1. The molecule has 2 aliphatic rings. The zero-order valence-corrected chi connectivity index (χ0v) is 17.4. The maximum absolute atomic E-state index is 12.6. The van der Waals surface area contributed by atoms with Crippen molar-refractivity contribution in [2.75, 3.05) is 26.2 Å². The van der Waals surface area contributed by atoms with Crippen molar-refractivity contribution in [2.24, 2.45) is 10.9 Å². The first-order chi connectivity index (χ1) is 13.1. The molecule has 3 N–H and O–H groups in total. The summed E-state index contributed by atoms with van der Waals surface area (Å²) in [5, 5.41) is 16.9. The molecule has 2 heterocycles. The van der Waals surface area contributed by atoms with E-state index in [9.17, 15) is 9.90 Å². The Morgan fingerprint density at radius 2 is 2.19 bits per heavy atom. The predicted octanol–water partition coefficient (Wildman–Crippen LogP) is 2.78. The van der Waals surface area contributed by atoms with Crippen molar-refractivity contribution in [3.05, 3.63) is 21.3 Å². The van der Waals surface area contributed by atoms with Crippen LogP contribution in [0.15, 0.2) is 17.1 Å². The molecule has 0 bridgehead atoms. The molecular weight excluding hydrogens is 384 g/mol. The van der Waals surface area contributed by atoms with Crippen LogP contribution in [0.2, 0.25) is 4.34 Å². The van der Waals surface area contributed by atoms with E-state index < -0.39 is 6.10 Å². The lowest BCUT2D eigenvalue weighted by molar-refractivity contribution is -0.134. The topological polar surface area (TPSA) is 77.0 Å². The fourth-order valence-electron chi connectivity index (χ4n) is 3.80. The Bertz CT molecular complexity index is 660. The van der Waals surface area contributed by atoms with Gasteiger partial charge in [0.25, 0.3) is 0 Å². The second kappa shape index (κ2) is 9.75. The summed E-state index contributed by atoms with van der Waals surface area (Å²) >= 11 is 7.30. The number of nitrogens with one attached hydrogen (secondary N) is 2. The number of halogens is 1. The van der Waals surface area contributed by atoms with Crippen molar-refractivity contribution >= 4 is 34.8 Å². The smallest absolute Gasteiger partial charge is 0.225 e. The van der Waals surface area contributed by atoms with Gasteiger partial charge in [0.05, 0.1) is 10.9 Å². The molecule has 1 aliphatic carbocycles. The van der Waals surface area contributed by atoms with E-state index in [1.807, 2.05) is 17.9 Å². The Morgan fingerprint density at radius 1 is 1.41 bits per heavy atom. The number of aliphatic hydroxyl groups is 1. The van der Waals surface area contributed by atoms with Crippen LogP contribution in [0.3, 0.4) is 0 Å². The molecule has 0 aromatic carbocycles. The molecule has 1 aromatic rings. The average molecular weight is 413 g/mol. The van der Waals surface area contributed by atoms with E-state index >= 15 is 0 Å². The maximum atomic E-state index is 12.6. The van der Waals surface area contributed by atoms with Crippen molar-refractivity contribution in [3.8, 4) is 0 Å². The Hall–Kier alpha value is -1.31. The van der Waals surface area contributed by atoms with E-state index in [0.29, 0.717) is 16.2 Å². The molecule has 1 aromatic heterocycles. The van der Waals surface area contributed by atoms with Gasteiger partial charge in [-0.05, 0) is 38.3 Å². The highest BCUT2D eigenvalue weighted by molar-refractivity contribution is 7.16. The Labute approximate surface area is 170 Å². The molecule has 2 unspecified atom stereocenters. The first-order valence-corrected chi connectivity index (χ1v) is 11.0. The predicted molar refractivity (Wildman–Crippen MR) is 110 cm³/mol. The molecule has 1 aliphatic heterocycles. The van der Waals surface area contributed by atoms with Crippen LogP contribution in [0, 0.1) is 5.92 Å². The van der Waals surface area contributed by atoms with E-state index in [1.165, 1.54) is 24.2 Å². The normalized spacial score (nSPS) is 22.3. The standard InChI is InChI=1S/C19H29ClN4O2S/c1-2-21-19(22-11-15(25)16-7-8-17(20)27-16)23-14-9-10-24(12-14)18(26)13-5-3-4-6-13/h7-8,13-15,25H,2-6,9-12H2,1H3,(H2,21,22,23). The van der Waals surface area contributed by atoms with Gasteiger partial charge in [0.2, 0.25) is 5.91 Å². The Morgan fingerprint density at radius 3 is 2.85 bits per heavy atom. The van der Waals surface area contributed by atoms with Gasteiger partial charge in [0.15, 0.2) is 5.96 Å². The summed E-state index contributed by atoms with van der Waals surface area (Å²) < 4.78 is 0.663. The van der Waals surface area contributed by atoms with Gasteiger partial charge in [0, 0.05) is 36.5 Å². The average Bonchev–Trinajstić information content (AvgIpc) is 3.40. The van der Waals surface area contributed by atoms with Crippen molar-refractivity contribution in [1.82, 2.24) is 15.5 Å². The number of guanidine groups is 1. The molecule has 3 rings (SSSR count). The van der Waals surface area contributed by atoms with Crippen molar-refractivity contribution in [2.45, 2.75) is 51.2 Å². The molecule has 1 amide bonds. The number of thiophene rings is 1. The van der Waals surface area contributed by atoms with Crippen LogP contribution >= 0.6 is 22.9 Å². The molecule has 0 spiro atoms. The van der Waals surface area contributed by atoms with Gasteiger partial charge in [-0.3, -0.25) is 9.79 Å². The van der Waals surface area contributed by atoms with Crippen LogP contribution in [0.1, 0.15) is 50.0 Å². The molecular formula is C19H29ClN4O2S. The van der Waals surface area contributed by atoms with Gasteiger partial charge in [-0.15, -0.1) is 11.3 Å². The number of likely N-dealkylation sites (tertiary alicyclic amines) is 1. The zero-order valence-electron chi connectivity index (χ0n) is 15.8. The van der Waals surface area contributed by atoms with Crippen molar-refractivity contribution < 1.29 is 9.90 Å². The lowest BCUT2D eigenvalue weighted by Gasteiger charge is -2.21. The lowest BCUT2D eigenvalue weighted by atomic mass is 10.1. The largest absolute Gasteiger partial charge is 0.386 e. The third kappa shape index (κ3) is 5.59. The van der Waals surface area contributed by atoms with Gasteiger partial charge in [0.1, 0.15) is 6.10 Å². The highest BCUT2D eigenvalue weighted by Gasteiger charge is 2.32. The highest BCUT2D eigenvalue weighted by atomic mass is 35.5. The number of hydrogen-bond acceptors (Lipinski definition) is 4. The van der Waals surface area contributed by atoms with E-state index in [0.717, 1.165) is 43.8 Å². The molecule has 0 radical (unpaired) electrons. The first-order valence-electron chi connectivity index (χ1n) is 9.83. The van der Waals surface area contributed by atoms with Gasteiger partial charge in [-0.2, -0.15) is 0 Å². The number of carbonyl (C=O) groups is 1. The third-order valence-electron chi connectivity index (χ3n) is 5.23. The summed E-state index contributed by atoms with van der Waals surface area (Å²) in [7, 11) is 0. The second-order valence-electron chi connectivity index (χ2n) is 7.27. The van der Waals surface area contributed by atoms with Gasteiger partial charge in [-0.1, -0.05) is 24.4 Å². The highest BCUT2D eigenvalue weighted by Crippen LogP contribution is 2.28. The Kier molecular flexibility index (Phi) is 7.38. The summed E-state index contributed by atoms with van der Waals surface area (Å²) in [6, 6.07) is 3.81. The van der Waals surface area contributed by atoms with Crippen LogP contribution in [0.25, 0.3) is 0 Å². The molecule has 1 saturated carbocycles. The number of rotatable bonds is 6. The molecule has 2 atom stereocenters. The molecule has 27 heavy (non-hydrogen) atoms. The number of nitrogens with zero attached hydrogens (tertiary/aromatic N) is 2. The first kappa shape index (κ1) is 20.4. The fourth-order valence-corrected chi connectivity index (χ4v) is 4.84. The van der Waals surface area contributed by atoms with Crippen molar-refractivity contribution in [3.63, 3.8) is 0 Å². The fraction of sp³-hybridized carbons (Fsp3) is 0.684. The summed E-state index contributed by atoms with van der Waals surface area (Å²) in [6.45, 7) is 4.55. The lowest BCUT2D eigenvalue weighted by Crippen LogP contribution is -2.45. The van der Waals surface area contributed by atoms with Crippen LogP contribution < -0.4 is 10.6 Å². The molecule has 150 valence electrons. The summed E-state index contributed by atoms with van der Waals surface area (Å²) in [4.78, 5) is 19.9. The zero-order chi connectivity index (χ0) is 19.2. The van der Waals surface area contributed by atoms with Crippen LogP contribution in [0.4, 0.5) is 0 Å². The van der Waals surface area contributed by atoms with Crippen LogP contribution in [-0.4, -0.2) is 54.1 Å². The van der Waals surface area contributed by atoms with Crippen molar-refractivity contribution in [1.29, 1.82) is 0 Å². The molecule has 2 fully saturated rings. The maximum Gasteiger partial charge on any atom is 0.225 e. The number of amides is 1. The van der Waals surface area contributed by atoms with Gasteiger partial charge >= 0.3 is 0 Å². The number of carbonyl (C=O) groups excluding carboxylic acids is 1. The Balaban J connectivity index is 1.52. The molecule has 8 heteroatoms. The van der Waals surface area contributed by atoms with E-state index in [1.54, 1.807) is 6.07 Å². The van der Waals surface area contributed by atoms with Gasteiger partial charge < -0.3 is 20.6 Å². The minimum Gasteiger partial charge on any atom is -0.386 e. The SMILES string of the molecule is CCNC(=NCC(O)c1ccc(Cl)s1)NC1CCN(C(=O)C2CCCC2)C1. The summed E-state index contributed by atoms with van der Waals surface area (Å²) in [5.74, 6) is 1.24. The van der Waals surface area contributed by atoms with E-state index in [-0.39, 0.29) is 18.5 Å². The monoisotopic (exact) mass is 412 g/mol. The molecule has 6 nitrogen and oxygen atoms in total. The molecule has 1 saturated heterocycles. The van der Waals surface area contributed by atoms with Crippen LogP contribution in [-0.2, 0) is 4.79 Å². The summed E-state index contributed by atoms with van der Waals surface area (Å²) in [6.07, 6.45) is 4.71. The van der Waals surface area contributed by atoms with Gasteiger partial charge in [-0.25, -0.2) is 0 Å². The minimum absolute atomic E-state index is 0.196.